The van der Waals surface area contributed by atoms with Gasteiger partial charge in [-0.3, -0.25) is 4.79 Å². The van der Waals surface area contributed by atoms with E-state index in [4.69, 9.17) is 0 Å². The minimum absolute atomic E-state index is 0.0208. The number of aromatic nitrogens is 2. The molecule has 1 aromatic carbocycles. The fourth-order valence-corrected chi connectivity index (χ4v) is 3.02. The smallest absolute Gasteiger partial charge is 0.189 e. The summed E-state index contributed by atoms with van der Waals surface area (Å²) < 4.78 is 0.729. The first kappa shape index (κ1) is 12.4. The van der Waals surface area contributed by atoms with Gasteiger partial charge < -0.3 is 0 Å². The molecule has 0 spiro atoms. The molecule has 3 rings (SSSR count). The van der Waals surface area contributed by atoms with Crippen molar-refractivity contribution in [2.45, 2.75) is 6.42 Å². The van der Waals surface area contributed by atoms with Gasteiger partial charge >= 0.3 is 0 Å². The Morgan fingerprint density at radius 3 is 2.95 bits per heavy atom. The Morgan fingerprint density at radius 2 is 2.16 bits per heavy atom. The maximum absolute atomic E-state index is 12.3. The zero-order valence-corrected chi connectivity index (χ0v) is 12.2. The summed E-state index contributed by atoms with van der Waals surface area (Å²) in [6, 6.07) is 9.67. The lowest BCUT2D eigenvalue weighted by molar-refractivity contribution is 0.0987. The number of pyridine rings is 1. The second-order valence-electron chi connectivity index (χ2n) is 4.04. The maximum Gasteiger partial charge on any atom is 0.189 e. The predicted molar refractivity (Wildman–Crippen MR) is 79.6 cm³/mol. The van der Waals surface area contributed by atoms with Crippen molar-refractivity contribution in [1.82, 2.24) is 9.97 Å². The van der Waals surface area contributed by atoms with E-state index in [0.717, 1.165) is 20.4 Å². The van der Waals surface area contributed by atoms with Crippen LogP contribution in [0.2, 0.25) is 0 Å². The van der Waals surface area contributed by atoms with Gasteiger partial charge in [0.15, 0.2) is 5.78 Å². The number of carbonyl (C=O) groups excluding carboxylic acids is 1. The molecule has 0 fully saturated rings. The zero-order chi connectivity index (χ0) is 13.2. The highest BCUT2D eigenvalue weighted by atomic mass is 79.9. The number of fused-ring (bicyclic) bond motifs is 1. The summed E-state index contributed by atoms with van der Waals surface area (Å²) in [6.45, 7) is 0. The molecule has 0 radical (unpaired) electrons. The summed E-state index contributed by atoms with van der Waals surface area (Å²) in [5, 5.41) is 3.69. The van der Waals surface area contributed by atoms with Crippen molar-refractivity contribution in [2.24, 2.45) is 0 Å². The van der Waals surface area contributed by atoms with Gasteiger partial charge in [-0.15, -0.1) is 11.3 Å². The van der Waals surface area contributed by atoms with Crippen LogP contribution < -0.4 is 0 Å². The third kappa shape index (κ3) is 2.57. The molecule has 0 saturated carbocycles. The number of rotatable bonds is 3. The first-order valence-corrected chi connectivity index (χ1v) is 7.38. The molecule has 19 heavy (non-hydrogen) atoms. The largest absolute Gasteiger partial charge is 0.292 e. The van der Waals surface area contributed by atoms with Gasteiger partial charge in [0.1, 0.15) is 10.7 Å². The van der Waals surface area contributed by atoms with E-state index in [1.54, 1.807) is 6.20 Å². The van der Waals surface area contributed by atoms with Crippen LogP contribution in [0.5, 0.6) is 0 Å². The molecule has 0 saturated heterocycles. The number of carbonyl (C=O) groups is 1. The molecular weight excluding hydrogens is 324 g/mol. The highest BCUT2D eigenvalue weighted by Gasteiger charge is 2.15. The lowest BCUT2D eigenvalue weighted by Crippen LogP contribution is -2.07. The molecule has 3 nitrogen and oxygen atoms in total. The molecule has 0 N–H and O–H groups in total. The first-order valence-electron chi connectivity index (χ1n) is 5.71. The van der Waals surface area contributed by atoms with Crippen LogP contribution in [0, 0.1) is 0 Å². The van der Waals surface area contributed by atoms with Crippen LogP contribution in [0.4, 0.5) is 0 Å². The van der Waals surface area contributed by atoms with Crippen LogP contribution >= 0.6 is 27.3 Å². The van der Waals surface area contributed by atoms with Gasteiger partial charge in [0.25, 0.3) is 0 Å². The summed E-state index contributed by atoms with van der Waals surface area (Å²) in [5.41, 5.74) is 1.29. The molecule has 0 amide bonds. The fraction of sp³-hybridized carbons (Fsp3) is 0.0714. The predicted octanol–water partition coefficient (Wildman–Crippen LogP) is 3.88. The Bertz CT molecular complexity index is 740. The van der Waals surface area contributed by atoms with Gasteiger partial charge in [0.05, 0.1) is 11.9 Å². The topological polar surface area (TPSA) is 42.9 Å². The maximum atomic E-state index is 12.3. The highest BCUT2D eigenvalue weighted by Crippen LogP contribution is 2.23. The van der Waals surface area contributed by atoms with E-state index in [1.807, 2.05) is 35.7 Å². The molecule has 0 atom stereocenters. The number of nitrogens with zero attached hydrogens (tertiary/aromatic N) is 2. The number of Topliss-reactive ketones (excluding diaryl/α,β-unsaturated/α-hetero) is 1. The van der Waals surface area contributed by atoms with E-state index in [2.05, 4.69) is 25.9 Å². The van der Waals surface area contributed by atoms with Crippen LogP contribution in [0.1, 0.15) is 15.5 Å². The number of hydrogen-bond acceptors (Lipinski definition) is 4. The van der Waals surface area contributed by atoms with Crippen LogP contribution in [0.15, 0.2) is 46.4 Å². The Morgan fingerprint density at radius 1 is 1.32 bits per heavy atom. The fourth-order valence-electron chi connectivity index (χ4n) is 1.85. The first-order chi connectivity index (χ1) is 9.24. The molecule has 0 aliphatic heterocycles. The monoisotopic (exact) mass is 332 g/mol. The summed E-state index contributed by atoms with van der Waals surface area (Å²) in [6.07, 6.45) is 2.00. The van der Waals surface area contributed by atoms with Gasteiger partial charge in [0, 0.05) is 21.4 Å². The number of hydrogen-bond donors (Lipinski definition) is 0. The van der Waals surface area contributed by atoms with E-state index >= 15 is 0 Å². The average molecular weight is 333 g/mol. The third-order valence-electron chi connectivity index (χ3n) is 2.74. The molecule has 2 aromatic heterocycles. The lowest BCUT2D eigenvalue weighted by atomic mass is 10.1. The molecule has 94 valence electrons. The number of ketones is 1. The van der Waals surface area contributed by atoms with E-state index in [-0.39, 0.29) is 5.78 Å². The van der Waals surface area contributed by atoms with Crippen molar-refractivity contribution < 1.29 is 4.79 Å². The Labute approximate surface area is 122 Å². The zero-order valence-electron chi connectivity index (χ0n) is 9.84. The number of para-hydroxylation sites is 1. The Kier molecular flexibility index (Phi) is 3.40. The van der Waals surface area contributed by atoms with Crippen LogP contribution in [-0.4, -0.2) is 15.8 Å². The molecule has 0 unspecified atom stereocenters. The Hall–Kier alpha value is -1.59. The van der Waals surface area contributed by atoms with Crippen molar-refractivity contribution in [3.8, 4) is 0 Å². The summed E-state index contributed by atoms with van der Waals surface area (Å²) in [4.78, 5) is 20.8. The normalized spacial score (nSPS) is 10.8. The minimum atomic E-state index is -0.0208. The van der Waals surface area contributed by atoms with E-state index < -0.39 is 0 Å². The highest BCUT2D eigenvalue weighted by molar-refractivity contribution is 9.10. The lowest BCUT2D eigenvalue weighted by Gasteiger charge is -2.04. The van der Waals surface area contributed by atoms with Crippen molar-refractivity contribution in [1.29, 1.82) is 0 Å². The van der Waals surface area contributed by atoms with Crippen LogP contribution in [-0.2, 0) is 6.42 Å². The number of thiazole rings is 1. The van der Waals surface area contributed by atoms with Gasteiger partial charge in [-0.1, -0.05) is 18.2 Å². The molecular formula is C14H9BrN2OS. The molecule has 0 aliphatic rings. The quantitative estimate of drug-likeness (QED) is 0.683. The van der Waals surface area contributed by atoms with E-state index in [0.29, 0.717) is 12.1 Å². The summed E-state index contributed by atoms with van der Waals surface area (Å²) >= 11 is 4.90. The number of halogens is 1. The second-order valence-corrected chi connectivity index (χ2v) is 5.87. The average Bonchev–Trinajstić information content (AvgIpc) is 2.90. The van der Waals surface area contributed by atoms with E-state index in [9.17, 15) is 4.79 Å². The number of benzene rings is 1. The van der Waals surface area contributed by atoms with Crippen molar-refractivity contribution in [3.63, 3.8) is 0 Å². The van der Waals surface area contributed by atoms with Crippen LogP contribution in [0.3, 0.4) is 0 Å². The Balaban J connectivity index is 1.99. The minimum Gasteiger partial charge on any atom is -0.292 e. The molecule has 3 aromatic rings. The van der Waals surface area contributed by atoms with E-state index in [1.165, 1.54) is 11.3 Å². The van der Waals surface area contributed by atoms with Crippen molar-refractivity contribution in [3.05, 3.63) is 57.1 Å². The van der Waals surface area contributed by atoms with Gasteiger partial charge in [0.2, 0.25) is 0 Å². The van der Waals surface area contributed by atoms with Crippen molar-refractivity contribution >= 4 is 44.0 Å². The standard InChI is InChI=1S/C14H9BrN2OS/c15-10-7-9-3-1-2-4-11(9)17-14(10)12(18)8-13-16-5-6-19-13/h1-7H,8H2. The molecule has 0 aliphatic carbocycles. The SMILES string of the molecule is O=C(Cc1nccs1)c1nc2ccccc2cc1Br. The third-order valence-corrected chi connectivity index (χ3v) is 4.12. The summed E-state index contributed by atoms with van der Waals surface area (Å²) in [5.74, 6) is -0.0208. The van der Waals surface area contributed by atoms with Gasteiger partial charge in [-0.2, -0.15) is 0 Å². The van der Waals surface area contributed by atoms with Gasteiger partial charge in [-0.05, 0) is 28.1 Å². The summed E-state index contributed by atoms with van der Waals surface area (Å²) in [7, 11) is 0. The second kappa shape index (κ2) is 5.19. The van der Waals surface area contributed by atoms with Crippen LogP contribution in [0.25, 0.3) is 10.9 Å². The molecule has 2 heterocycles. The molecule has 5 heteroatoms. The molecule has 0 bridgehead atoms. The van der Waals surface area contributed by atoms with Gasteiger partial charge in [-0.25, -0.2) is 9.97 Å². The van der Waals surface area contributed by atoms with Crippen molar-refractivity contribution in [2.75, 3.05) is 0 Å².